The van der Waals surface area contributed by atoms with Crippen molar-refractivity contribution in [2.24, 2.45) is 0 Å². The molecule has 0 aliphatic rings. The average Bonchev–Trinajstić information content (AvgIpc) is 3.38. The van der Waals surface area contributed by atoms with Gasteiger partial charge in [0.1, 0.15) is 0 Å². The van der Waals surface area contributed by atoms with Crippen molar-refractivity contribution >= 4 is 70.9 Å². The van der Waals surface area contributed by atoms with Crippen LogP contribution in [0.3, 0.4) is 0 Å². The van der Waals surface area contributed by atoms with Crippen LogP contribution in [0.2, 0.25) is 0 Å². The maximum Gasteiger partial charge on any atom is 0.0991 e. The highest BCUT2D eigenvalue weighted by Gasteiger charge is 2.20. The molecule has 302 valence electrons. The van der Waals surface area contributed by atoms with Gasteiger partial charge in [-0.3, -0.25) is 4.98 Å². The number of hydrogen-bond acceptors (Lipinski definition) is 3. The quantitative estimate of drug-likeness (QED) is 0.150. The summed E-state index contributed by atoms with van der Waals surface area (Å²) < 4.78 is 0. The third-order valence-corrected chi connectivity index (χ3v) is 12.9. The Morgan fingerprint density at radius 2 is 0.831 bits per heavy atom. The Balaban J connectivity index is 1.02. The fourth-order valence-electron chi connectivity index (χ4n) is 9.82. The van der Waals surface area contributed by atoms with E-state index in [0.717, 1.165) is 50.2 Å². The predicted molar refractivity (Wildman–Crippen MR) is 273 cm³/mol. The van der Waals surface area contributed by atoms with Crippen LogP contribution in [0, 0.1) is 11.3 Å². The molecule has 0 amide bonds. The van der Waals surface area contributed by atoms with Crippen molar-refractivity contribution in [3.63, 3.8) is 0 Å². The van der Waals surface area contributed by atoms with Crippen LogP contribution in [-0.4, -0.2) is 4.98 Å². The molecule has 0 unspecified atom stereocenters. The summed E-state index contributed by atoms with van der Waals surface area (Å²) in [5, 5.41) is 21.8. The molecule has 3 heteroatoms. The molecule has 0 fully saturated rings. The molecule has 65 heavy (non-hydrogen) atoms. The Morgan fingerprint density at radius 1 is 0.338 bits per heavy atom. The van der Waals surface area contributed by atoms with Crippen molar-refractivity contribution in [3.8, 4) is 50.7 Å². The van der Waals surface area contributed by atoms with E-state index in [-0.39, 0.29) is 0 Å². The van der Waals surface area contributed by atoms with Gasteiger partial charge in [0.05, 0.1) is 17.3 Å². The first-order chi connectivity index (χ1) is 32.2. The van der Waals surface area contributed by atoms with Crippen LogP contribution >= 0.6 is 0 Å². The summed E-state index contributed by atoms with van der Waals surface area (Å²) in [4.78, 5) is 6.80. The summed E-state index contributed by atoms with van der Waals surface area (Å²) in [6, 6.07) is 84.9. The minimum atomic E-state index is 0.626. The van der Waals surface area contributed by atoms with Crippen molar-refractivity contribution in [1.82, 2.24) is 4.98 Å². The van der Waals surface area contributed by atoms with Gasteiger partial charge < -0.3 is 4.90 Å². The zero-order valence-electron chi connectivity index (χ0n) is 35.4. The van der Waals surface area contributed by atoms with E-state index in [1.54, 1.807) is 0 Å². The molecule has 1 heterocycles. The Morgan fingerprint density at radius 3 is 1.48 bits per heavy atom. The lowest BCUT2D eigenvalue weighted by Gasteiger charge is -2.26. The number of rotatable bonds is 7. The monoisotopic (exact) mass is 825 g/mol. The van der Waals surface area contributed by atoms with Gasteiger partial charge in [0.15, 0.2) is 0 Å². The Hall–Kier alpha value is -8.84. The summed E-state index contributed by atoms with van der Waals surface area (Å²) in [7, 11) is 0. The minimum absolute atomic E-state index is 0.626. The van der Waals surface area contributed by atoms with Crippen molar-refractivity contribution in [2.75, 3.05) is 4.90 Å². The van der Waals surface area contributed by atoms with Gasteiger partial charge in [-0.05, 0) is 160 Å². The van der Waals surface area contributed by atoms with Crippen LogP contribution in [0.15, 0.2) is 237 Å². The van der Waals surface area contributed by atoms with E-state index in [2.05, 4.69) is 204 Å². The molecule has 0 radical (unpaired) electrons. The number of fused-ring (bicyclic) bond motifs is 5. The normalized spacial score (nSPS) is 11.4. The fourth-order valence-corrected chi connectivity index (χ4v) is 9.82. The Labute approximate surface area is 377 Å². The molecule has 0 saturated carbocycles. The first kappa shape index (κ1) is 37.9. The maximum atomic E-state index is 9.59. The Kier molecular flexibility index (Phi) is 9.22. The summed E-state index contributed by atoms with van der Waals surface area (Å²) in [6.07, 6.45) is 1.82. The number of aromatic nitrogens is 1. The molecular weight excluding hydrogens is 787 g/mol. The molecule has 0 aliphatic carbocycles. The number of hydrogen-bond donors (Lipinski definition) is 0. The number of nitrogens with zero attached hydrogens (tertiary/aromatic N) is 3. The highest BCUT2D eigenvalue weighted by molar-refractivity contribution is 6.25. The molecule has 3 nitrogen and oxygen atoms in total. The second kappa shape index (κ2) is 15.8. The highest BCUT2D eigenvalue weighted by atomic mass is 15.1. The van der Waals surface area contributed by atoms with Gasteiger partial charge in [-0.1, -0.05) is 158 Å². The largest absolute Gasteiger partial charge is 0.310 e. The van der Waals surface area contributed by atoms with Gasteiger partial charge in [-0.15, -0.1) is 0 Å². The summed E-state index contributed by atoms with van der Waals surface area (Å²) >= 11 is 0. The average molecular weight is 826 g/mol. The molecule has 1 aromatic heterocycles. The zero-order chi connectivity index (χ0) is 43.3. The number of anilines is 3. The molecule has 12 rings (SSSR count). The van der Waals surface area contributed by atoms with Crippen molar-refractivity contribution in [1.29, 1.82) is 5.26 Å². The lowest BCUT2D eigenvalue weighted by atomic mass is 9.83. The summed E-state index contributed by atoms with van der Waals surface area (Å²) in [6.45, 7) is 0. The molecule has 0 bridgehead atoms. The van der Waals surface area contributed by atoms with Crippen LogP contribution in [0.25, 0.3) is 98.5 Å². The Bertz CT molecular complexity index is 3820. The third-order valence-electron chi connectivity index (χ3n) is 12.9. The highest BCUT2D eigenvalue weighted by Crippen LogP contribution is 2.48. The van der Waals surface area contributed by atoms with E-state index >= 15 is 0 Å². The van der Waals surface area contributed by atoms with Crippen LogP contribution in [0.1, 0.15) is 5.56 Å². The molecule has 0 N–H and O–H groups in total. The molecule has 12 aromatic rings. The van der Waals surface area contributed by atoms with Crippen LogP contribution < -0.4 is 4.90 Å². The first-order valence-electron chi connectivity index (χ1n) is 22.0. The molecule has 0 spiro atoms. The lowest BCUT2D eigenvalue weighted by molar-refractivity contribution is 1.28. The summed E-state index contributed by atoms with van der Waals surface area (Å²) in [5.74, 6) is 0. The van der Waals surface area contributed by atoms with Crippen LogP contribution in [0.5, 0.6) is 0 Å². The van der Waals surface area contributed by atoms with E-state index in [4.69, 9.17) is 0 Å². The van der Waals surface area contributed by atoms with E-state index in [1.165, 1.54) is 65.3 Å². The second-order valence-electron chi connectivity index (χ2n) is 16.6. The van der Waals surface area contributed by atoms with Gasteiger partial charge >= 0.3 is 0 Å². The first-order valence-corrected chi connectivity index (χ1v) is 22.0. The van der Waals surface area contributed by atoms with Crippen molar-refractivity contribution in [2.45, 2.75) is 0 Å². The van der Waals surface area contributed by atoms with E-state index in [9.17, 15) is 5.26 Å². The number of pyridine rings is 1. The minimum Gasteiger partial charge on any atom is -0.310 e. The number of benzene rings is 11. The van der Waals surface area contributed by atoms with Gasteiger partial charge in [0.2, 0.25) is 0 Å². The molecule has 0 atom stereocenters. The second-order valence-corrected chi connectivity index (χ2v) is 16.6. The molecule has 0 saturated heterocycles. The van der Waals surface area contributed by atoms with E-state index in [1.807, 2.05) is 48.7 Å². The van der Waals surface area contributed by atoms with Gasteiger partial charge in [-0.25, -0.2) is 0 Å². The topological polar surface area (TPSA) is 39.9 Å². The van der Waals surface area contributed by atoms with Gasteiger partial charge in [-0.2, -0.15) is 5.26 Å². The van der Waals surface area contributed by atoms with Crippen molar-refractivity contribution in [3.05, 3.63) is 242 Å². The predicted octanol–water partition coefficient (Wildman–Crippen LogP) is 16.9. The third kappa shape index (κ3) is 6.65. The molecule has 11 aromatic carbocycles. The van der Waals surface area contributed by atoms with Gasteiger partial charge in [0.25, 0.3) is 0 Å². The maximum absolute atomic E-state index is 9.59. The number of nitriles is 1. The molecular formula is C62H39N3. The fraction of sp³-hybridized carbons (Fsp3) is 0. The zero-order valence-corrected chi connectivity index (χ0v) is 35.4. The van der Waals surface area contributed by atoms with Crippen molar-refractivity contribution < 1.29 is 0 Å². The summed E-state index contributed by atoms with van der Waals surface area (Å²) in [5.41, 5.74) is 12.9. The van der Waals surface area contributed by atoms with Crippen LogP contribution in [-0.2, 0) is 0 Å². The van der Waals surface area contributed by atoms with E-state index in [0.29, 0.717) is 5.56 Å². The smallest absolute Gasteiger partial charge is 0.0991 e. The van der Waals surface area contributed by atoms with Crippen LogP contribution in [0.4, 0.5) is 17.1 Å². The SMILES string of the molecule is N#Cc1ccc(N(c2ccc(-c3ccccn3)cc2)c2ccc3cc(-c4ccc5c(-c6cccc7ccccc67)c6ccccc6c(-c6cccc7ccccc67)c5c4)ccc3c2)cc1. The van der Waals surface area contributed by atoms with E-state index < -0.39 is 0 Å². The molecule has 0 aliphatic heterocycles. The van der Waals surface area contributed by atoms with Gasteiger partial charge in [0, 0.05) is 28.8 Å². The standard InChI is InChI=1S/C62H39N3/c63-40-41-22-30-49(31-23-41)65(50-32-26-44(27-33-50)60-21-7-8-36-64-60)51-34-28-46-37-45(24-25-47(46)38-51)48-29-35-58-59(39-48)62(55-20-10-14-43-12-2-4-16-53(43)55)57-18-6-5-17-56(57)61(58)54-19-9-13-42-11-1-3-15-52(42)54/h1-39H. The lowest BCUT2D eigenvalue weighted by Crippen LogP contribution is -2.10.